The Hall–Kier alpha value is -1.06. The Bertz CT molecular complexity index is 282. The first-order valence-electron chi connectivity index (χ1n) is 5.18. The minimum absolute atomic E-state index is 0.00190. The molecule has 14 heavy (non-hydrogen) atoms. The number of piperazine rings is 1. The van der Waals surface area contributed by atoms with Crippen LogP contribution in [0.1, 0.15) is 33.1 Å². The number of carbonyl (C=O) groups excluding carboxylic acids is 2. The lowest BCUT2D eigenvalue weighted by molar-refractivity contribution is -0.146. The third-order valence-corrected chi connectivity index (χ3v) is 3.24. The van der Waals surface area contributed by atoms with E-state index in [4.69, 9.17) is 0 Å². The summed E-state index contributed by atoms with van der Waals surface area (Å²) < 4.78 is 0. The van der Waals surface area contributed by atoms with Crippen molar-refractivity contribution >= 4 is 11.8 Å². The molecule has 0 aromatic rings. The van der Waals surface area contributed by atoms with Crippen molar-refractivity contribution in [1.82, 2.24) is 10.6 Å². The molecular weight excluding hydrogens is 180 g/mol. The molecule has 0 radical (unpaired) electrons. The molecule has 0 aromatic heterocycles. The van der Waals surface area contributed by atoms with Gasteiger partial charge in [-0.1, -0.05) is 13.8 Å². The summed E-state index contributed by atoms with van der Waals surface area (Å²) in [5, 5.41) is 5.67. The largest absolute Gasteiger partial charge is 0.342 e. The van der Waals surface area contributed by atoms with E-state index in [0.717, 1.165) is 19.3 Å². The molecule has 1 atom stereocenters. The highest BCUT2D eigenvalue weighted by Crippen LogP contribution is 2.34. The molecule has 2 amide bonds. The summed E-state index contributed by atoms with van der Waals surface area (Å²) in [6.45, 7) is 3.87. The Morgan fingerprint density at radius 2 is 2.00 bits per heavy atom. The Balaban J connectivity index is 2.13. The van der Waals surface area contributed by atoms with Crippen molar-refractivity contribution in [1.29, 1.82) is 0 Å². The van der Waals surface area contributed by atoms with Crippen LogP contribution < -0.4 is 10.6 Å². The molecule has 1 saturated heterocycles. The molecule has 0 aromatic carbocycles. The molecule has 1 heterocycles. The van der Waals surface area contributed by atoms with Crippen LogP contribution in [0.2, 0.25) is 0 Å². The molecule has 0 bridgehead atoms. The monoisotopic (exact) mass is 196 g/mol. The van der Waals surface area contributed by atoms with Gasteiger partial charge in [-0.05, 0) is 25.2 Å². The van der Waals surface area contributed by atoms with Crippen molar-refractivity contribution in [2.24, 2.45) is 5.92 Å². The van der Waals surface area contributed by atoms with Crippen LogP contribution in [0.3, 0.4) is 0 Å². The predicted molar refractivity (Wildman–Crippen MR) is 51.5 cm³/mol. The van der Waals surface area contributed by atoms with Crippen LogP contribution in [-0.4, -0.2) is 23.4 Å². The van der Waals surface area contributed by atoms with E-state index in [2.05, 4.69) is 10.6 Å². The van der Waals surface area contributed by atoms with E-state index < -0.39 is 5.54 Å². The number of hydrogen-bond donors (Lipinski definition) is 2. The highest BCUT2D eigenvalue weighted by atomic mass is 16.2. The van der Waals surface area contributed by atoms with Crippen LogP contribution in [0.5, 0.6) is 0 Å². The summed E-state index contributed by atoms with van der Waals surface area (Å²) in [5.41, 5.74) is -0.553. The summed E-state index contributed by atoms with van der Waals surface area (Å²) in [7, 11) is 0. The smallest absolute Gasteiger partial charge is 0.246 e. The van der Waals surface area contributed by atoms with Gasteiger partial charge < -0.3 is 10.6 Å². The molecule has 78 valence electrons. The van der Waals surface area contributed by atoms with Gasteiger partial charge in [-0.25, -0.2) is 0 Å². The lowest BCUT2D eigenvalue weighted by atomic mass is 9.74. The van der Waals surface area contributed by atoms with Crippen molar-refractivity contribution in [3.05, 3.63) is 0 Å². The van der Waals surface area contributed by atoms with Crippen molar-refractivity contribution in [2.75, 3.05) is 0 Å². The van der Waals surface area contributed by atoms with Crippen molar-refractivity contribution in [3.63, 3.8) is 0 Å². The van der Waals surface area contributed by atoms with Gasteiger partial charge >= 0.3 is 0 Å². The Morgan fingerprint density at radius 3 is 2.43 bits per heavy atom. The van der Waals surface area contributed by atoms with Crippen LogP contribution in [0.15, 0.2) is 0 Å². The minimum atomic E-state index is -0.553. The second-order valence-corrected chi connectivity index (χ2v) is 4.62. The number of amides is 2. The topological polar surface area (TPSA) is 58.2 Å². The fraction of sp³-hybridized carbons (Fsp3) is 0.800. The number of rotatable bonds is 1. The predicted octanol–water partition coefficient (Wildman–Crippen LogP) is 0.180. The molecule has 1 saturated carbocycles. The highest BCUT2D eigenvalue weighted by Gasteiger charge is 2.50. The van der Waals surface area contributed by atoms with E-state index in [9.17, 15) is 9.59 Å². The summed E-state index contributed by atoms with van der Waals surface area (Å²) in [5.74, 6) is 0.123. The maximum Gasteiger partial charge on any atom is 0.246 e. The van der Waals surface area contributed by atoms with Crippen molar-refractivity contribution < 1.29 is 9.59 Å². The molecule has 1 spiro atoms. The van der Waals surface area contributed by atoms with Gasteiger partial charge in [0.05, 0.1) is 0 Å². The van der Waals surface area contributed by atoms with E-state index in [1.807, 2.05) is 13.8 Å². The lowest BCUT2D eigenvalue weighted by Crippen LogP contribution is -2.72. The zero-order valence-corrected chi connectivity index (χ0v) is 8.59. The van der Waals surface area contributed by atoms with Crippen LogP contribution in [-0.2, 0) is 9.59 Å². The molecule has 4 nitrogen and oxygen atoms in total. The number of nitrogens with one attached hydrogen (secondary N) is 2. The normalized spacial score (nSPS) is 29.8. The lowest BCUT2D eigenvalue weighted by Gasteiger charge is -2.46. The van der Waals surface area contributed by atoms with Gasteiger partial charge in [0.2, 0.25) is 11.8 Å². The highest BCUT2D eigenvalue weighted by molar-refractivity contribution is 6.00. The van der Waals surface area contributed by atoms with Gasteiger partial charge in [0.15, 0.2) is 0 Å². The summed E-state index contributed by atoms with van der Waals surface area (Å²) in [4.78, 5) is 23.4. The Morgan fingerprint density at radius 1 is 1.36 bits per heavy atom. The fourth-order valence-electron chi connectivity index (χ4n) is 2.07. The molecule has 2 N–H and O–H groups in total. The van der Waals surface area contributed by atoms with E-state index in [1.54, 1.807) is 0 Å². The van der Waals surface area contributed by atoms with Crippen LogP contribution >= 0.6 is 0 Å². The molecule has 1 unspecified atom stereocenters. The van der Waals surface area contributed by atoms with E-state index in [0.29, 0.717) is 0 Å². The molecule has 1 aliphatic carbocycles. The third-order valence-electron chi connectivity index (χ3n) is 3.24. The van der Waals surface area contributed by atoms with Gasteiger partial charge in [-0.3, -0.25) is 9.59 Å². The average Bonchev–Trinajstić information content (AvgIpc) is 2.05. The first-order valence-corrected chi connectivity index (χ1v) is 5.18. The molecule has 2 fully saturated rings. The van der Waals surface area contributed by atoms with Gasteiger partial charge in [0.1, 0.15) is 11.6 Å². The van der Waals surface area contributed by atoms with Crippen molar-refractivity contribution in [3.8, 4) is 0 Å². The van der Waals surface area contributed by atoms with Gasteiger partial charge in [0, 0.05) is 0 Å². The minimum Gasteiger partial charge on any atom is -0.342 e. The average molecular weight is 196 g/mol. The third kappa shape index (κ3) is 1.21. The standard InChI is InChI=1S/C10H16N2O2/c1-6(2)7-8(13)12-10(4-3-5-10)9(14)11-7/h6-7H,3-5H2,1-2H3,(H,11,14)(H,12,13). The van der Waals surface area contributed by atoms with Gasteiger partial charge in [-0.15, -0.1) is 0 Å². The van der Waals surface area contributed by atoms with E-state index in [1.165, 1.54) is 0 Å². The van der Waals surface area contributed by atoms with E-state index >= 15 is 0 Å². The zero-order chi connectivity index (χ0) is 10.3. The summed E-state index contributed by atoms with van der Waals surface area (Å²) in [6, 6.07) is -0.353. The quantitative estimate of drug-likeness (QED) is 0.628. The maximum atomic E-state index is 11.7. The second kappa shape index (κ2) is 2.97. The maximum absolute atomic E-state index is 11.7. The zero-order valence-electron chi connectivity index (χ0n) is 8.59. The SMILES string of the molecule is CC(C)C1NC(=O)C2(CCC2)NC1=O. The fourth-order valence-corrected chi connectivity index (χ4v) is 2.07. The first-order chi connectivity index (χ1) is 6.55. The summed E-state index contributed by atoms with van der Waals surface area (Å²) in [6.07, 6.45) is 2.60. The molecule has 4 heteroatoms. The van der Waals surface area contributed by atoms with Crippen LogP contribution in [0, 0.1) is 5.92 Å². The molecular formula is C10H16N2O2. The Labute approximate surface area is 83.4 Å². The Kier molecular flexibility index (Phi) is 2.01. The molecule has 1 aliphatic heterocycles. The van der Waals surface area contributed by atoms with Gasteiger partial charge in [-0.2, -0.15) is 0 Å². The van der Waals surface area contributed by atoms with Crippen molar-refractivity contribution in [2.45, 2.75) is 44.7 Å². The summed E-state index contributed by atoms with van der Waals surface area (Å²) >= 11 is 0. The first kappa shape index (κ1) is 9.49. The molecule has 2 rings (SSSR count). The second-order valence-electron chi connectivity index (χ2n) is 4.62. The van der Waals surface area contributed by atoms with Crippen LogP contribution in [0.4, 0.5) is 0 Å². The van der Waals surface area contributed by atoms with E-state index in [-0.39, 0.29) is 23.8 Å². The number of hydrogen-bond acceptors (Lipinski definition) is 2. The number of carbonyl (C=O) groups is 2. The van der Waals surface area contributed by atoms with Crippen LogP contribution in [0.25, 0.3) is 0 Å². The van der Waals surface area contributed by atoms with Gasteiger partial charge in [0.25, 0.3) is 0 Å². The molecule has 2 aliphatic rings.